The van der Waals surface area contributed by atoms with Crippen LogP contribution in [0.25, 0.3) is 0 Å². The molecule has 2 aromatic rings. The van der Waals surface area contributed by atoms with Crippen LogP contribution in [-0.4, -0.2) is 19.8 Å². The van der Waals surface area contributed by atoms with Gasteiger partial charge in [0.15, 0.2) is 0 Å². The molecule has 3 heteroatoms. The fourth-order valence-electron chi connectivity index (χ4n) is 4.33. The molecule has 196 valence electrons. The zero-order valence-corrected chi connectivity index (χ0v) is 22.7. The second-order valence-electron chi connectivity index (χ2n) is 9.77. The first-order chi connectivity index (χ1) is 17.3. The van der Waals surface area contributed by atoms with Gasteiger partial charge in [-0.1, -0.05) is 114 Å². The summed E-state index contributed by atoms with van der Waals surface area (Å²) in [4.78, 5) is 0. The number of benzene rings is 2. The maximum absolute atomic E-state index is 6.26. The number of aryl methyl sites for hydroxylation is 1. The van der Waals surface area contributed by atoms with E-state index in [4.69, 9.17) is 9.47 Å². The lowest BCUT2D eigenvalue weighted by Gasteiger charge is -2.15. The lowest BCUT2D eigenvalue weighted by atomic mass is 10.1. The highest BCUT2D eigenvalue weighted by molar-refractivity contribution is 5.40. The monoisotopic (exact) mass is 481 g/mol. The summed E-state index contributed by atoms with van der Waals surface area (Å²) >= 11 is 0. The quantitative estimate of drug-likeness (QED) is 0.170. The summed E-state index contributed by atoms with van der Waals surface area (Å²) in [5.74, 6) is 1.92. The Morgan fingerprint density at radius 1 is 0.629 bits per heavy atom. The van der Waals surface area contributed by atoms with Crippen LogP contribution >= 0.6 is 0 Å². The molecule has 2 rings (SSSR count). The van der Waals surface area contributed by atoms with E-state index in [0.29, 0.717) is 0 Å². The predicted octanol–water partition coefficient (Wildman–Crippen LogP) is 8.89. The summed E-state index contributed by atoms with van der Waals surface area (Å²) in [6, 6.07) is 17.1. The summed E-state index contributed by atoms with van der Waals surface area (Å²) in [5.41, 5.74) is 2.63. The van der Waals surface area contributed by atoms with E-state index in [-0.39, 0.29) is 0 Å². The third-order valence-corrected chi connectivity index (χ3v) is 6.54. The summed E-state index contributed by atoms with van der Waals surface area (Å²) in [7, 11) is 0. The molecule has 1 N–H and O–H groups in total. The smallest absolute Gasteiger partial charge is 0.127 e. The second-order valence-corrected chi connectivity index (χ2v) is 9.77. The van der Waals surface area contributed by atoms with Gasteiger partial charge >= 0.3 is 0 Å². The molecule has 0 spiro atoms. The van der Waals surface area contributed by atoms with Crippen molar-refractivity contribution >= 4 is 0 Å². The van der Waals surface area contributed by atoms with Crippen LogP contribution in [0.15, 0.2) is 48.5 Å². The maximum Gasteiger partial charge on any atom is 0.127 e. The lowest BCUT2D eigenvalue weighted by molar-refractivity contribution is 0.287. The Hall–Kier alpha value is -2.00. The molecule has 35 heavy (non-hydrogen) atoms. The highest BCUT2D eigenvalue weighted by Gasteiger charge is 2.07. The van der Waals surface area contributed by atoms with E-state index in [2.05, 4.69) is 67.7 Å². The molecule has 2 aromatic carbocycles. The van der Waals surface area contributed by atoms with Crippen LogP contribution < -0.4 is 14.8 Å². The first-order valence-electron chi connectivity index (χ1n) is 14.5. The Morgan fingerprint density at radius 3 is 1.94 bits per heavy atom. The van der Waals surface area contributed by atoms with Gasteiger partial charge in [0.1, 0.15) is 11.5 Å². The number of rotatable bonds is 22. The minimum absolute atomic E-state index is 0.786. The van der Waals surface area contributed by atoms with E-state index in [1.54, 1.807) is 0 Å². The van der Waals surface area contributed by atoms with Gasteiger partial charge in [0.2, 0.25) is 0 Å². The first-order valence-corrected chi connectivity index (χ1v) is 14.5. The van der Waals surface area contributed by atoms with Gasteiger partial charge in [0.25, 0.3) is 0 Å². The largest absolute Gasteiger partial charge is 0.493 e. The van der Waals surface area contributed by atoms with E-state index in [1.165, 1.54) is 75.3 Å². The SMILES string of the molecule is CCCCCCCCOc1ccc(CNCCCc2ccccc2)c(OCCCCCCCC)c1. The van der Waals surface area contributed by atoms with E-state index >= 15 is 0 Å². The Morgan fingerprint density at radius 2 is 1.26 bits per heavy atom. The molecule has 0 aromatic heterocycles. The Labute approximate surface area is 216 Å². The molecule has 3 nitrogen and oxygen atoms in total. The molecule has 0 heterocycles. The minimum Gasteiger partial charge on any atom is -0.493 e. The van der Waals surface area contributed by atoms with Crippen molar-refractivity contribution in [3.05, 3.63) is 59.7 Å². The molecular weight excluding hydrogens is 430 g/mol. The standard InChI is InChI=1S/C32H51NO2/c1-3-5-7-9-11-16-25-34-31-23-22-30(28-33-24-18-21-29-19-14-13-15-20-29)32(27-31)35-26-17-12-10-8-6-4-2/h13-15,19-20,22-23,27,33H,3-12,16-18,21,24-26,28H2,1-2H3. The van der Waals surface area contributed by atoms with Gasteiger partial charge in [-0.25, -0.2) is 0 Å². The fraction of sp³-hybridized carbons (Fsp3) is 0.625. The molecular formula is C32H51NO2. The average molecular weight is 482 g/mol. The number of ether oxygens (including phenoxy) is 2. The minimum atomic E-state index is 0.786. The van der Waals surface area contributed by atoms with Crippen molar-refractivity contribution in [2.75, 3.05) is 19.8 Å². The van der Waals surface area contributed by atoms with Crippen LogP contribution in [0.5, 0.6) is 11.5 Å². The summed E-state index contributed by atoms with van der Waals surface area (Å²) in [6.07, 6.45) is 17.6. The zero-order valence-electron chi connectivity index (χ0n) is 22.7. The first kappa shape index (κ1) is 29.2. The lowest BCUT2D eigenvalue weighted by Crippen LogP contribution is -2.16. The summed E-state index contributed by atoms with van der Waals surface area (Å²) in [5, 5.41) is 3.61. The van der Waals surface area contributed by atoms with Crippen molar-refractivity contribution < 1.29 is 9.47 Å². The number of unbranched alkanes of at least 4 members (excludes halogenated alkanes) is 10. The van der Waals surface area contributed by atoms with Gasteiger partial charge in [-0.15, -0.1) is 0 Å². The predicted molar refractivity (Wildman–Crippen MR) is 151 cm³/mol. The van der Waals surface area contributed by atoms with Crippen molar-refractivity contribution in [1.29, 1.82) is 0 Å². The average Bonchev–Trinajstić information content (AvgIpc) is 2.89. The van der Waals surface area contributed by atoms with E-state index in [0.717, 1.165) is 63.5 Å². The Kier molecular flexibility index (Phi) is 16.9. The van der Waals surface area contributed by atoms with Gasteiger partial charge in [0, 0.05) is 18.2 Å². The van der Waals surface area contributed by atoms with Crippen LogP contribution in [0.2, 0.25) is 0 Å². The van der Waals surface area contributed by atoms with Gasteiger partial charge in [-0.2, -0.15) is 0 Å². The summed E-state index contributed by atoms with van der Waals surface area (Å²) < 4.78 is 12.3. The van der Waals surface area contributed by atoms with Gasteiger partial charge < -0.3 is 14.8 Å². The molecule has 0 atom stereocenters. The molecule has 0 aliphatic carbocycles. The van der Waals surface area contributed by atoms with Gasteiger partial charge in [0.05, 0.1) is 13.2 Å². The van der Waals surface area contributed by atoms with Crippen molar-refractivity contribution in [2.45, 2.75) is 110 Å². The second kappa shape index (κ2) is 20.2. The molecule has 0 saturated carbocycles. The van der Waals surface area contributed by atoms with Crippen molar-refractivity contribution in [1.82, 2.24) is 5.32 Å². The van der Waals surface area contributed by atoms with Crippen LogP contribution in [0.4, 0.5) is 0 Å². The Balaban J connectivity index is 1.77. The van der Waals surface area contributed by atoms with Crippen LogP contribution in [0.3, 0.4) is 0 Å². The highest BCUT2D eigenvalue weighted by atomic mass is 16.5. The van der Waals surface area contributed by atoms with Crippen molar-refractivity contribution in [3.8, 4) is 11.5 Å². The molecule has 0 radical (unpaired) electrons. The Bertz CT molecular complexity index is 746. The van der Waals surface area contributed by atoms with Crippen LogP contribution in [-0.2, 0) is 13.0 Å². The third kappa shape index (κ3) is 14.2. The normalized spacial score (nSPS) is 11.0. The third-order valence-electron chi connectivity index (χ3n) is 6.54. The highest BCUT2D eigenvalue weighted by Crippen LogP contribution is 2.26. The molecule has 0 bridgehead atoms. The fourth-order valence-corrected chi connectivity index (χ4v) is 4.33. The topological polar surface area (TPSA) is 30.5 Å². The van der Waals surface area contributed by atoms with E-state index in [9.17, 15) is 0 Å². The number of hydrogen-bond acceptors (Lipinski definition) is 3. The van der Waals surface area contributed by atoms with E-state index in [1.807, 2.05) is 0 Å². The van der Waals surface area contributed by atoms with E-state index < -0.39 is 0 Å². The van der Waals surface area contributed by atoms with Gasteiger partial charge in [-0.05, 0) is 43.9 Å². The number of hydrogen-bond donors (Lipinski definition) is 1. The van der Waals surface area contributed by atoms with Crippen LogP contribution in [0, 0.1) is 0 Å². The van der Waals surface area contributed by atoms with Crippen LogP contribution in [0.1, 0.15) is 108 Å². The van der Waals surface area contributed by atoms with Gasteiger partial charge in [-0.3, -0.25) is 0 Å². The summed E-state index contributed by atoms with van der Waals surface area (Å²) in [6.45, 7) is 7.94. The molecule has 0 amide bonds. The molecule has 0 aliphatic rings. The molecule has 0 unspecified atom stereocenters. The molecule has 0 fully saturated rings. The van der Waals surface area contributed by atoms with Crippen molar-refractivity contribution in [2.24, 2.45) is 0 Å². The molecule has 0 saturated heterocycles. The zero-order chi connectivity index (χ0) is 24.8. The maximum atomic E-state index is 6.26. The number of nitrogens with one attached hydrogen (secondary N) is 1. The van der Waals surface area contributed by atoms with Crippen molar-refractivity contribution in [3.63, 3.8) is 0 Å². The molecule has 0 aliphatic heterocycles.